The molecule has 2 aliphatic rings. The van der Waals surface area contributed by atoms with E-state index < -0.39 is 8.07 Å². The van der Waals surface area contributed by atoms with Gasteiger partial charge in [-0.25, -0.2) is 0 Å². The van der Waals surface area contributed by atoms with Crippen LogP contribution in [-0.4, -0.2) is 14.8 Å². The summed E-state index contributed by atoms with van der Waals surface area (Å²) in [6.07, 6.45) is 0. The molecule has 0 atom stereocenters. The van der Waals surface area contributed by atoms with E-state index in [0.717, 1.165) is 17.1 Å². The second kappa shape index (κ2) is 15.6. The fraction of sp³-hybridized carbons (Fsp3) is 0.186. The molecule has 0 amide bonds. The van der Waals surface area contributed by atoms with Crippen molar-refractivity contribution >= 4 is 87.5 Å². The van der Waals surface area contributed by atoms with Gasteiger partial charge in [0.2, 0.25) is 0 Å². The third kappa shape index (κ3) is 7.16. The third-order valence-electron chi connectivity index (χ3n) is 13.2. The van der Waals surface area contributed by atoms with Crippen molar-refractivity contribution in [2.24, 2.45) is 0 Å². The van der Waals surface area contributed by atoms with Gasteiger partial charge in [-0.05, 0) is 116 Å². The minimum Gasteiger partial charge on any atom is -0.311 e. The van der Waals surface area contributed by atoms with Crippen molar-refractivity contribution < 1.29 is 0 Å². The van der Waals surface area contributed by atoms with E-state index in [2.05, 4.69) is 264 Å². The van der Waals surface area contributed by atoms with Gasteiger partial charge in [-0.2, -0.15) is 0 Å². The highest BCUT2D eigenvalue weighted by Crippen LogP contribution is 2.50. The molecule has 0 saturated heterocycles. The standard InChI is InChI=1S/C59H58BN3Si/c1-58(2,3)47-29-19-21-31-51(47)62-53-36-34-46(64(7,8)9)40-50(53)60-49-35-33-45(61(43-25-15-11-16-26-43)44-27-17-12-18-28-44)39-54(49)63(52-32-22-20-30-48(52)59(4,5)6)56-38-42(37-55(62)57(56)60)41-23-13-10-14-24-41/h10-40H,1-9H3. The molecule has 0 spiro atoms. The largest absolute Gasteiger partial charge is 0.311 e. The zero-order chi connectivity index (χ0) is 44.5. The number of anilines is 9. The van der Waals surface area contributed by atoms with Gasteiger partial charge >= 0.3 is 0 Å². The van der Waals surface area contributed by atoms with E-state index in [4.69, 9.17) is 0 Å². The number of nitrogens with zero attached hydrogens (tertiary/aromatic N) is 3. The number of para-hydroxylation sites is 4. The predicted molar refractivity (Wildman–Crippen MR) is 281 cm³/mol. The summed E-state index contributed by atoms with van der Waals surface area (Å²) in [6.45, 7) is 21.5. The van der Waals surface area contributed by atoms with Crippen LogP contribution in [0, 0.1) is 0 Å². The summed E-state index contributed by atoms with van der Waals surface area (Å²) in [5.41, 5.74) is 19.5. The zero-order valence-electron chi connectivity index (χ0n) is 38.8. The lowest BCUT2D eigenvalue weighted by Crippen LogP contribution is -2.62. The highest BCUT2D eigenvalue weighted by atomic mass is 28.3. The van der Waals surface area contributed by atoms with Crippen LogP contribution in [0.1, 0.15) is 52.7 Å². The molecule has 316 valence electrons. The lowest BCUT2D eigenvalue weighted by atomic mass is 9.33. The molecular formula is C59H58BN3Si. The lowest BCUT2D eigenvalue weighted by Gasteiger charge is -2.46. The maximum absolute atomic E-state index is 2.62. The van der Waals surface area contributed by atoms with Crippen molar-refractivity contribution in [3.8, 4) is 11.1 Å². The Morgan fingerprint density at radius 3 is 1.39 bits per heavy atom. The van der Waals surface area contributed by atoms with Crippen LogP contribution in [0.4, 0.5) is 51.2 Å². The SMILES string of the molecule is CC(C)(C)c1ccccc1N1c2ccc([Si](C)(C)C)cc2B2c3ccc(N(c4ccccc4)c4ccccc4)cc3N(c3ccccc3C(C)(C)C)c3cc(-c4ccccc4)cc1c32. The van der Waals surface area contributed by atoms with Gasteiger partial charge < -0.3 is 14.7 Å². The number of rotatable bonds is 7. The molecule has 8 aromatic carbocycles. The topological polar surface area (TPSA) is 9.72 Å². The second-order valence-electron chi connectivity index (χ2n) is 20.7. The zero-order valence-corrected chi connectivity index (χ0v) is 39.8. The van der Waals surface area contributed by atoms with Crippen LogP contribution in [0.15, 0.2) is 188 Å². The van der Waals surface area contributed by atoms with Crippen molar-refractivity contribution in [2.75, 3.05) is 14.7 Å². The summed E-state index contributed by atoms with van der Waals surface area (Å²) in [6, 6.07) is 70.5. The predicted octanol–water partition coefficient (Wildman–Crippen LogP) is 14.0. The fourth-order valence-electron chi connectivity index (χ4n) is 10.1. The van der Waals surface area contributed by atoms with Gasteiger partial charge in [-0.3, -0.25) is 0 Å². The summed E-state index contributed by atoms with van der Waals surface area (Å²) >= 11 is 0. The Kier molecular flexibility index (Phi) is 10.1. The van der Waals surface area contributed by atoms with Crippen LogP contribution in [0.25, 0.3) is 11.1 Å². The summed E-state index contributed by atoms with van der Waals surface area (Å²) in [5, 5.41) is 1.47. The molecule has 0 fully saturated rings. The normalized spacial score (nSPS) is 13.3. The maximum atomic E-state index is 2.62. The van der Waals surface area contributed by atoms with E-state index in [1.54, 1.807) is 0 Å². The van der Waals surface area contributed by atoms with Crippen LogP contribution < -0.4 is 36.3 Å². The minimum atomic E-state index is -1.74. The van der Waals surface area contributed by atoms with Crippen molar-refractivity contribution in [1.82, 2.24) is 0 Å². The molecule has 0 aliphatic carbocycles. The van der Waals surface area contributed by atoms with Crippen molar-refractivity contribution in [1.29, 1.82) is 0 Å². The van der Waals surface area contributed by atoms with Gasteiger partial charge in [0.15, 0.2) is 0 Å². The number of hydrogen-bond donors (Lipinski definition) is 0. The molecule has 10 rings (SSSR count). The molecule has 5 heteroatoms. The Hall–Kier alpha value is -6.56. The van der Waals surface area contributed by atoms with Crippen LogP contribution >= 0.6 is 0 Å². The molecule has 0 saturated carbocycles. The smallest absolute Gasteiger partial charge is 0.252 e. The Balaban J connectivity index is 1.36. The van der Waals surface area contributed by atoms with E-state index in [9.17, 15) is 0 Å². The van der Waals surface area contributed by atoms with Gasteiger partial charge in [-0.1, -0.05) is 188 Å². The van der Waals surface area contributed by atoms with Crippen molar-refractivity contribution in [2.45, 2.75) is 72.0 Å². The van der Waals surface area contributed by atoms with Crippen LogP contribution in [0.2, 0.25) is 19.6 Å². The first-order valence-electron chi connectivity index (χ1n) is 22.9. The van der Waals surface area contributed by atoms with Gasteiger partial charge in [0, 0.05) is 51.2 Å². The fourth-order valence-corrected chi connectivity index (χ4v) is 11.3. The summed E-state index contributed by atoms with van der Waals surface area (Å²) in [4.78, 5) is 7.64. The molecule has 2 aliphatic heterocycles. The third-order valence-corrected chi connectivity index (χ3v) is 15.3. The Morgan fingerprint density at radius 1 is 0.391 bits per heavy atom. The quantitative estimate of drug-likeness (QED) is 0.148. The van der Waals surface area contributed by atoms with Crippen LogP contribution in [0.5, 0.6) is 0 Å². The van der Waals surface area contributed by atoms with Crippen molar-refractivity contribution in [3.63, 3.8) is 0 Å². The lowest BCUT2D eigenvalue weighted by molar-refractivity contribution is 0.591. The molecular weight excluding hydrogens is 790 g/mol. The molecule has 0 unspecified atom stereocenters. The summed E-state index contributed by atoms with van der Waals surface area (Å²) in [5.74, 6) is 0. The molecule has 64 heavy (non-hydrogen) atoms. The molecule has 0 bridgehead atoms. The molecule has 0 N–H and O–H groups in total. The molecule has 0 aromatic heterocycles. The molecule has 8 aromatic rings. The van der Waals surface area contributed by atoms with Crippen molar-refractivity contribution in [3.05, 3.63) is 199 Å². The van der Waals surface area contributed by atoms with Gasteiger partial charge in [0.25, 0.3) is 6.71 Å². The number of hydrogen-bond acceptors (Lipinski definition) is 3. The number of benzene rings is 8. The Labute approximate surface area is 382 Å². The van der Waals surface area contributed by atoms with Gasteiger partial charge in [0.1, 0.15) is 0 Å². The number of fused-ring (bicyclic) bond motifs is 4. The van der Waals surface area contributed by atoms with Gasteiger partial charge in [-0.15, -0.1) is 0 Å². The average molecular weight is 848 g/mol. The Bertz CT molecular complexity index is 2980. The van der Waals surface area contributed by atoms with E-state index in [1.807, 2.05) is 0 Å². The van der Waals surface area contributed by atoms with Crippen LogP contribution in [-0.2, 0) is 10.8 Å². The van der Waals surface area contributed by atoms with E-state index in [0.29, 0.717) is 0 Å². The first-order valence-corrected chi connectivity index (χ1v) is 26.4. The van der Waals surface area contributed by atoms with Gasteiger partial charge in [0.05, 0.1) is 8.07 Å². The molecule has 2 heterocycles. The van der Waals surface area contributed by atoms with E-state index >= 15 is 0 Å². The van der Waals surface area contributed by atoms with Crippen LogP contribution in [0.3, 0.4) is 0 Å². The highest BCUT2D eigenvalue weighted by molar-refractivity contribution is 7.01. The Morgan fingerprint density at radius 2 is 0.875 bits per heavy atom. The first-order chi connectivity index (χ1) is 30.7. The van der Waals surface area contributed by atoms with E-state index in [-0.39, 0.29) is 17.5 Å². The highest BCUT2D eigenvalue weighted by Gasteiger charge is 2.45. The average Bonchev–Trinajstić information content (AvgIpc) is 3.29. The maximum Gasteiger partial charge on any atom is 0.252 e. The van der Waals surface area contributed by atoms with E-state index in [1.165, 1.54) is 78.0 Å². The second-order valence-corrected chi connectivity index (χ2v) is 25.8. The summed E-state index contributed by atoms with van der Waals surface area (Å²) < 4.78 is 0. The minimum absolute atomic E-state index is 0.0110. The first kappa shape index (κ1) is 41.5. The summed E-state index contributed by atoms with van der Waals surface area (Å²) in [7, 11) is -1.74. The molecule has 3 nitrogen and oxygen atoms in total. The monoisotopic (exact) mass is 847 g/mol. The molecule has 0 radical (unpaired) electrons.